The molecular formula is C11H13N5O2. The number of anilines is 1. The molecule has 0 saturated heterocycles. The van der Waals surface area contributed by atoms with Crippen LogP contribution in [0.4, 0.5) is 5.82 Å². The van der Waals surface area contributed by atoms with Crippen LogP contribution in [0, 0.1) is 0 Å². The number of carboxylic acids is 1. The molecule has 0 aliphatic rings. The predicted octanol–water partition coefficient (Wildman–Crippen LogP) is 1.08. The third kappa shape index (κ3) is 2.62. The average Bonchev–Trinajstić information content (AvgIpc) is 2.76. The van der Waals surface area contributed by atoms with E-state index in [0.29, 0.717) is 5.82 Å². The van der Waals surface area contributed by atoms with Crippen LogP contribution in [0.25, 0.3) is 0 Å². The Morgan fingerprint density at radius 2 is 2.22 bits per heavy atom. The maximum Gasteiger partial charge on any atom is 0.356 e. The topological polar surface area (TPSA) is 92.9 Å². The van der Waals surface area contributed by atoms with Gasteiger partial charge in [-0.1, -0.05) is 0 Å². The molecule has 7 nitrogen and oxygen atoms in total. The summed E-state index contributed by atoms with van der Waals surface area (Å²) in [5.41, 5.74) is 0.799. The van der Waals surface area contributed by atoms with Gasteiger partial charge in [-0.05, 0) is 13.0 Å². The second-order valence-corrected chi connectivity index (χ2v) is 3.87. The molecule has 0 fully saturated rings. The zero-order valence-corrected chi connectivity index (χ0v) is 10.0. The summed E-state index contributed by atoms with van der Waals surface area (Å²) >= 11 is 0. The molecule has 1 unspecified atom stereocenters. The lowest BCUT2D eigenvalue weighted by Crippen LogP contribution is -2.10. The fourth-order valence-electron chi connectivity index (χ4n) is 1.47. The van der Waals surface area contributed by atoms with E-state index in [4.69, 9.17) is 5.11 Å². The van der Waals surface area contributed by atoms with Crippen LogP contribution in [-0.2, 0) is 7.05 Å². The Balaban J connectivity index is 2.07. The largest absolute Gasteiger partial charge is 0.476 e. The molecule has 1 atom stereocenters. The molecule has 0 radical (unpaired) electrons. The molecule has 2 N–H and O–H groups in total. The molecule has 2 rings (SSSR count). The van der Waals surface area contributed by atoms with E-state index >= 15 is 0 Å². The number of nitrogens with zero attached hydrogens (tertiary/aromatic N) is 4. The summed E-state index contributed by atoms with van der Waals surface area (Å²) in [6.07, 6.45) is 4.46. The lowest BCUT2D eigenvalue weighted by atomic mass is 10.2. The molecule has 7 heteroatoms. The number of aryl methyl sites for hydroxylation is 1. The molecule has 0 bridgehead atoms. The molecule has 0 saturated carbocycles. The smallest absolute Gasteiger partial charge is 0.356 e. The third-order valence-corrected chi connectivity index (χ3v) is 2.41. The van der Waals surface area contributed by atoms with E-state index < -0.39 is 5.97 Å². The molecule has 0 spiro atoms. The fraction of sp³-hybridized carbons (Fsp3) is 0.273. The molecule has 18 heavy (non-hydrogen) atoms. The van der Waals surface area contributed by atoms with Crippen molar-refractivity contribution in [2.75, 3.05) is 5.32 Å². The van der Waals surface area contributed by atoms with E-state index in [-0.39, 0.29) is 11.7 Å². The van der Waals surface area contributed by atoms with E-state index in [9.17, 15) is 4.79 Å². The SMILES string of the molecule is CC(Nc1cnc(C(=O)O)cn1)c1ccn(C)n1. The Bertz CT molecular complexity index is 549. The highest BCUT2D eigenvalue weighted by atomic mass is 16.4. The van der Waals surface area contributed by atoms with Gasteiger partial charge in [0.2, 0.25) is 0 Å². The van der Waals surface area contributed by atoms with Gasteiger partial charge >= 0.3 is 5.97 Å². The number of aromatic nitrogens is 4. The van der Waals surface area contributed by atoms with Gasteiger partial charge in [0.15, 0.2) is 5.69 Å². The first kappa shape index (κ1) is 12.0. The standard InChI is InChI=1S/C11H13N5O2/c1-7(8-3-4-16(2)15-8)14-10-6-12-9(5-13-10)11(17)18/h3-7H,1-2H3,(H,13,14)(H,17,18). The minimum absolute atomic E-state index is 0.0313. The van der Waals surface area contributed by atoms with Crippen LogP contribution in [0.1, 0.15) is 29.1 Å². The molecule has 2 heterocycles. The maximum absolute atomic E-state index is 10.6. The quantitative estimate of drug-likeness (QED) is 0.839. The van der Waals surface area contributed by atoms with Crippen molar-refractivity contribution in [3.05, 3.63) is 36.0 Å². The van der Waals surface area contributed by atoms with Gasteiger partial charge in [0, 0.05) is 13.2 Å². The minimum atomic E-state index is -1.09. The van der Waals surface area contributed by atoms with E-state index in [2.05, 4.69) is 20.4 Å². The van der Waals surface area contributed by atoms with Crippen LogP contribution in [-0.4, -0.2) is 30.8 Å². The summed E-state index contributed by atoms with van der Waals surface area (Å²) in [7, 11) is 1.84. The van der Waals surface area contributed by atoms with Gasteiger partial charge < -0.3 is 10.4 Å². The Morgan fingerprint density at radius 1 is 1.44 bits per heavy atom. The third-order valence-electron chi connectivity index (χ3n) is 2.41. The van der Waals surface area contributed by atoms with E-state index in [1.807, 2.05) is 26.2 Å². The molecule has 0 aliphatic heterocycles. The van der Waals surface area contributed by atoms with Crippen molar-refractivity contribution in [2.24, 2.45) is 7.05 Å². The first-order valence-corrected chi connectivity index (χ1v) is 5.37. The normalized spacial score (nSPS) is 12.1. The van der Waals surface area contributed by atoms with Gasteiger partial charge in [0.05, 0.1) is 24.1 Å². The number of hydrogen-bond acceptors (Lipinski definition) is 5. The Labute approximate surface area is 104 Å². The molecule has 2 aromatic heterocycles. The second-order valence-electron chi connectivity index (χ2n) is 3.87. The minimum Gasteiger partial charge on any atom is -0.476 e. The average molecular weight is 247 g/mol. The molecule has 0 aromatic carbocycles. The van der Waals surface area contributed by atoms with Crippen molar-refractivity contribution in [1.29, 1.82) is 0 Å². The monoisotopic (exact) mass is 247 g/mol. The summed E-state index contributed by atoms with van der Waals surface area (Å²) in [6, 6.07) is 1.87. The van der Waals surface area contributed by atoms with Crippen LogP contribution in [0.15, 0.2) is 24.7 Å². The van der Waals surface area contributed by atoms with Gasteiger partial charge in [-0.2, -0.15) is 5.10 Å². The molecular weight excluding hydrogens is 234 g/mol. The number of aromatic carboxylic acids is 1. The summed E-state index contributed by atoms with van der Waals surface area (Å²) in [5, 5.41) is 16.1. The first-order valence-electron chi connectivity index (χ1n) is 5.37. The van der Waals surface area contributed by atoms with E-state index in [1.165, 1.54) is 12.4 Å². The van der Waals surface area contributed by atoms with Gasteiger partial charge in [-0.25, -0.2) is 14.8 Å². The Morgan fingerprint density at radius 3 is 2.72 bits per heavy atom. The number of hydrogen-bond donors (Lipinski definition) is 2. The lowest BCUT2D eigenvalue weighted by Gasteiger charge is -2.11. The Kier molecular flexibility index (Phi) is 3.22. The van der Waals surface area contributed by atoms with Crippen LogP contribution < -0.4 is 5.32 Å². The summed E-state index contributed by atoms with van der Waals surface area (Å²) < 4.78 is 1.71. The highest BCUT2D eigenvalue weighted by Crippen LogP contribution is 2.14. The molecule has 0 aliphatic carbocycles. The number of carboxylic acid groups (broad SMARTS) is 1. The summed E-state index contributed by atoms with van der Waals surface area (Å²) in [5.74, 6) is -0.579. The van der Waals surface area contributed by atoms with Crippen molar-refractivity contribution < 1.29 is 9.90 Å². The van der Waals surface area contributed by atoms with Gasteiger partial charge in [-0.3, -0.25) is 4.68 Å². The van der Waals surface area contributed by atoms with E-state index in [1.54, 1.807) is 4.68 Å². The van der Waals surface area contributed by atoms with Gasteiger partial charge in [0.1, 0.15) is 5.82 Å². The van der Waals surface area contributed by atoms with Crippen LogP contribution >= 0.6 is 0 Å². The molecule has 2 aromatic rings. The predicted molar refractivity (Wildman–Crippen MR) is 64.2 cm³/mol. The molecule has 94 valence electrons. The zero-order valence-electron chi connectivity index (χ0n) is 10.0. The highest BCUT2D eigenvalue weighted by Gasteiger charge is 2.10. The van der Waals surface area contributed by atoms with Crippen molar-refractivity contribution in [3.8, 4) is 0 Å². The van der Waals surface area contributed by atoms with Crippen LogP contribution in [0.2, 0.25) is 0 Å². The maximum atomic E-state index is 10.6. The van der Waals surface area contributed by atoms with Crippen molar-refractivity contribution in [1.82, 2.24) is 19.7 Å². The zero-order chi connectivity index (χ0) is 13.1. The lowest BCUT2D eigenvalue weighted by molar-refractivity contribution is 0.0690. The second kappa shape index (κ2) is 4.82. The number of rotatable bonds is 4. The molecule has 0 amide bonds. The van der Waals surface area contributed by atoms with E-state index in [0.717, 1.165) is 5.69 Å². The van der Waals surface area contributed by atoms with Gasteiger partial charge in [0.25, 0.3) is 0 Å². The number of carbonyl (C=O) groups is 1. The van der Waals surface area contributed by atoms with Gasteiger partial charge in [-0.15, -0.1) is 0 Å². The van der Waals surface area contributed by atoms with Crippen molar-refractivity contribution in [2.45, 2.75) is 13.0 Å². The summed E-state index contributed by atoms with van der Waals surface area (Å²) in [4.78, 5) is 18.4. The fourth-order valence-corrected chi connectivity index (χ4v) is 1.47. The first-order chi connectivity index (χ1) is 8.56. The van der Waals surface area contributed by atoms with Crippen molar-refractivity contribution >= 4 is 11.8 Å². The summed E-state index contributed by atoms with van der Waals surface area (Å²) in [6.45, 7) is 1.94. The highest BCUT2D eigenvalue weighted by molar-refractivity contribution is 5.84. The number of nitrogens with one attached hydrogen (secondary N) is 1. The van der Waals surface area contributed by atoms with Crippen LogP contribution in [0.3, 0.4) is 0 Å². The van der Waals surface area contributed by atoms with Crippen LogP contribution in [0.5, 0.6) is 0 Å². The Hall–Kier alpha value is -2.44. The van der Waals surface area contributed by atoms with Crippen molar-refractivity contribution in [3.63, 3.8) is 0 Å².